The van der Waals surface area contributed by atoms with E-state index in [-0.39, 0.29) is 18.7 Å². The predicted molar refractivity (Wildman–Crippen MR) is 80.5 cm³/mol. The molecule has 2 N–H and O–H groups in total. The minimum absolute atomic E-state index is 0.0288. The summed E-state index contributed by atoms with van der Waals surface area (Å²) in [5, 5.41) is 11.9. The molecule has 2 aromatic rings. The number of benzene rings is 1. The molecule has 6 nitrogen and oxygen atoms in total. The summed E-state index contributed by atoms with van der Waals surface area (Å²) < 4.78 is 5.33. The number of hydrogen-bond acceptors (Lipinski definition) is 4. The number of halogens is 1. The molecule has 0 aliphatic carbocycles. The molecule has 1 atom stereocenters. The van der Waals surface area contributed by atoms with Gasteiger partial charge >= 0.3 is 5.97 Å². The highest BCUT2D eigenvalue weighted by Gasteiger charge is 2.14. The van der Waals surface area contributed by atoms with E-state index in [0.29, 0.717) is 16.6 Å². The van der Waals surface area contributed by atoms with Crippen LogP contribution in [-0.4, -0.2) is 28.0 Å². The van der Waals surface area contributed by atoms with Gasteiger partial charge in [0.25, 0.3) is 0 Å². The minimum Gasteiger partial charge on any atom is -0.481 e. The Morgan fingerprint density at radius 2 is 2.05 bits per heavy atom. The third kappa shape index (κ3) is 4.60. The zero-order valence-electron chi connectivity index (χ0n) is 11.9. The maximum absolute atomic E-state index is 11.8. The van der Waals surface area contributed by atoms with Crippen molar-refractivity contribution in [2.45, 2.75) is 25.8 Å². The van der Waals surface area contributed by atoms with E-state index < -0.39 is 12.0 Å². The average molecular weight is 323 g/mol. The van der Waals surface area contributed by atoms with Gasteiger partial charge in [0.1, 0.15) is 6.26 Å². The number of aliphatic carboxylic acids is 1. The lowest BCUT2D eigenvalue weighted by atomic mass is 10.2. The molecular weight excluding hydrogens is 308 g/mol. The monoisotopic (exact) mass is 322 g/mol. The molecule has 2 rings (SSSR count). The van der Waals surface area contributed by atoms with Gasteiger partial charge in [0.2, 0.25) is 11.8 Å². The molecular formula is C15H15ClN2O4. The van der Waals surface area contributed by atoms with Gasteiger partial charge in [-0.25, -0.2) is 4.98 Å². The Morgan fingerprint density at radius 3 is 2.68 bits per heavy atom. The van der Waals surface area contributed by atoms with Crippen LogP contribution >= 0.6 is 11.6 Å². The Morgan fingerprint density at radius 1 is 1.36 bits per heavy atom. The van der Waals surface area contributed by atoms with Crippen LogP contribution in [0, 0.1) is 0 Å². The van der Waals surface area contributed by atoms with Crippen LogP contribution in [0.3, 0.4) is 0 Å². The summed E-state index contributed by atoms with van der Waals surface area (Å²) in [6, 6.07) is 6.55. The highest BCUT2D eigenvalue weighted by Crippen LogP contribution is 2.21. The molecule has 1 aromatic carbocycles. The third-order valence-electron chi connectivity index (χ3n) is 2.87. The summed E-state index contributed by atoms with van der Waals surface area (Å²) in [5.41, 5.74) is 1.24. The van der Waals surface area contributed by atoms with Gasteiger partial charge in [-0.05, 0) is 31.2 Å². The van der Waals surface area contributed by atoms with Crippen LogP contribution < -0.4 is 5.32 Å². The smallest absolute Gasteiger partial charge is 0.305 e. The SMILES string of the molecule is C[C@H](CC(=O)O)NC(=O)Cc1coc(-c2ccc(Cl)cc2)n1. The van der Waals surface area contributed by atoms with Crippen molar-refractivity contribution in [1.82, 2.24) is 10.3 Å². The normalized spacial score (nSPS) is 11.9. The van der Waals surface area contributed by atoms with E-state index in [1.807, 2.05) is 0 Å². The highest BCUT2D eigenvalue weighted by molar-refractivity contribution is 6.30. The topological polar surface area (TPSA) is 92.4 Å². The number of rotatable bonds is 6. The molecule has 1 aromatic heterocycles. The number of aromatic nitrogens is 1. The van der Waals surface area contributed by atoms with E-state index >= 15 is 0 Å². The second kappa shape index (κ2) is 7.09. The van der Waals surface area contributed by atoms with E-state index in [1.165, 1.54) is 6.26 Å². The van der Waals surface area contributed by atoms with Crippen molar-refractivity contribution in [2.75, 3.05) is 0 Å². The number of carboxylic acids is 1. The summed E-state index contributed by atoms with van der Waals surface area (Å²) in [6.45, 7) is 1.63. The number of carbonyl (C=O) groups is 2. The largest absolute Gasteiger partial charge is 0.481 e. The van der Waals surface area contributed by atoms with Gasteiger partial charge in [-0.1, -0.05) is 11.6 Å². The average Bonchev–Trinajstić information content (AvgIpc) is 2.86. The first-order valence-electron chi connectivity index (χ1n) is 6.65. The van der Waals surface area contributed by atoms with E-state index in [4.69, 9.17) is 21.1 Å². The van der Waals surface area contributed by atoms with Crippen molar-refractivity contribution in [3.8, 4) is 11.5 Å². The highest BCUT2D eigenvalue weighted by atomic mass is 35.5. The second-order valence-corrected chi connectivity index (χ2v) is 5.33. The molecule has 0 unspecified atom stereocenters. The fourth-order valence-electron chi connectivity index (χ4n) is 1.92. The molecule has 0 aliphatic heterocycles. The van der Waals surface area contributed by atoms with Crippen molar-refractivity contribution < 1.29 is 19.1 Å². The lowest BCUT2D eigenvalue weighted by molar-refractivity contribution is -0.137. The summed E-state index contributed by atoms with van der Waals surface area (Å²) in [4.78, 5) is 26.6. The zero-order chi connectivity index (χ0) is 16.1. The quantitative estimate of drug-likeness (QED) is 0.852. The number of hydrogen-bond donors (Lipinski definition) is 2. The Kier molecular flexibility index (Phi) is 5.16. The molecule has 0 spiro atoms. The molecule has 0 aliphatic rings. The van der Waals surface area contributed by atoms with Crippen LogP contribution in [0.15, 0.2) is 34.9 Å². The van der Waals surface area contributed by atoms with Gasteiger partial charge in [0, 0.05) is 16.6 Å². The number of carbonyl (C=O) groups excluding carboxylic acids is 1. The fourth-order valence-corrected chi connectivity index (χ4v) is 2.04. The number of oxazole rings is 1. The Bertz CT molecular complexity index is 666. The van der Waals surface area contributed by atoms with Crippen molar-refractivity contribution in [3.63, 3.8) is 0 Å². The molecule has 0 radical (unpaired) electrons. The first-order chi connectivity index (χ1) is 10.4. The minimum atomic E-state index is -0.959. The zero-order valence-corrected chi connectivity index (χ0v) is 12.6. The van der Waals surface area contributed by atoms with Crippen LogP contribution in [0.4, 0.5) is 0 Å². The molecule has 0 fully saturated rings. The lowest BCUT2D eigenvalue weighted by Gasteiger charge is -2.10. The molecule has 1 amide bonds. The van der Waals surface area contributed by atoms with Gasteiger partial charge in [-0.3, -0.25) is 9.59 Å². The molecule has 0 saturated carbocycles. The molecule has 0 bridgehead atoms. The van der Waals surface area contributed by atoms with Crippen molar-refractivity contribution in [1.29, 1.82) is 0 Å². The van der Waals surface area contributed by atoms with Crippen molar-refractivity contribution in [2.24, 2.45) is 0 Å². The van der Waals surface area contributed by atoms with E-state index in [1.54, 1.807) is 31.2 Å². The first-order valence-corrected chi connectivity index (χ1v) is 7.03. The van der Waals surface area contributed by atoms with Crippen LogP contribution in [0.2, 0.25) is 5.02 Å². The van der Waals surface area contributed by atoms with Crippen molar-refractivity contribution in [3.05, 3.63) is 41.2 Å². The second-order valence-electron chi connectivity index (χ2n) is 4.89. The van der Waals surface area contributed by atoms with Gasteiger partial charge < -0.3 is 14.8 Å². The van der Waals surface area contributed by atoms with Gasteiger partial charge in [0.15, 0.2) is 0 Å². The number of carboxylic acid groups (broad SMARTS) is 1. The number of nitrogens with one attached hydrogen (secondary N) is 1. The van der Waals surface area contributed by atoms with Crippen molar-refractivity contribution >= 4 is 23.5 Å². The molecule has 116 valence electrons. The maximum atomic E-state index is 11.8. The van der Waals surface area contributed by atoms with E-state index in [2.05, 4.69) is 10.3 Å². The van der Waals surface area contributed by atoms with Crippen LogP contribution in [0.25, 0.3) is 11.5 Å². The molecule has 1 heterocycles. The van der Waals surface area contributed by atoms with Gasteiger partial charge in [0.05, 0.1) is 18.5 Å². The summed E-state index contributed by atoms with van der Waals surface area (Å²) in [7, 11) is 0. The Hall–Kier alpha value is -2.34. The van der Waals surface area contributed by atoms with Crippen LogP contribution in [0.1, 0.15) is 19.0 Å². The predicted octanol–water partition coefficient (Wildman–Crippen LogP) is 2.52. The van der Waals surface area contributed by atoms with Gasteiger partial charge in [-0.15, -0.1) is 0 Å². The third-order valence-corrected chi connectivity index (χ3v) is 3.12. The lowest BCUT2D eigenvalue weighted by Crippen LogP contribution is -2.35. The summed E-state index contributed by atoms with van der Waals surface area (Å²) in [6.07, 6.45) is 1.31. The van der Waals surface area contributed by atoms with Crippen LogP contribution in [0.5, 0.6) is 0 Å². The van der Waals surface area contributed by atoms with E-state index in [0.717, 1.165) is 5.56 Å². The Balaban J connectivity index is 1.95. The number of amides is 1. The van der Waals surface area contributed by atoms with Crippen LogP contribution in [-0.2, 0) is 16.0 Å². The van der Waals surface area contributed by atoms with Gasteiger partial charge in [-0.2, -0.15) is 0 Å². The molecule has 7 heteroatoms. The number of nitrogens with zero attached hydrogens (tertiary/aromatic N) is 1. The molecule has 22 heavy (non-hydrogen) atoms. The standard InChI is InChI=1S/C15H15ClN2O4/c1-9(6-14(20)21)17-13(19)7-12-8-22-15(18-12)10-2-4-11(16)5-3-10/h2-5,8-9H,6-7H2,1H3,(H,17,19)(H,20,21)/t9-/m1/s1. The summed E-state index contributed by atoms with van der Waals surface area (Å²) in [5.74, 6) is -0.859. The summed E-state index contributed by atoms with van der Waals surface area (Å²) >= 11 is 5.81. The first kappa shape index (κ1) is 16.0. The Labute approximate surface area is 132 Å². The molecule has 0 saturated heterocycles. The maximum Gasteiger partial charge on any atom is 0.305 e. The fraction of sp³-hybridized carbons (Fsp3) is 0.267. The van der Waals surface area contributed by atoms with E-state index in [9.17, 15) is 9.59 Å².